The number of pyridine rings is 1. The fourth-order valence-electron chi connectivity index (χ4n) is 2.16. The molecule has 1 aromatic carbocycles. The van der Waals surface area contributed by atoms with E-state index < -0.39 is 23.2 Å². The molecule has 0 bridgehead atoms. The Morgan fingerprint density at radius 3 is 2.59 bits per heavy atom. The van der Waals surface area contributed by atoms with Gasteiger partial charge in [0.15, 0.2) is 0 Å². The molecule has 10 heteroatoms. The van der Waals surface area contributed by atoms with Crippen LogP contribution in [0.5, 0.6) is 0 Å². The Balaban J connectivity index is 1.86. The predicted octanol–water partition coefficient (Wildman–Crippen LogP) is 4.82. The molecular weight excluding hydrogens is 401 g/mol. The zero-order valence-corrected chi connectivity index (χ0v) is 15.4. The molecule has 0 aliphatic heterocycles. The van der Waals surface area contributed by atoms with Crippen molar-refractivity contribution in [2.75, 3.05) is 5.32 Å². The number of hydrogen-bond acceptors (Lipinski definition) is 5. The number of hydrogen-bond donors (Lipinski definition) is 1. The number of benzene rings is 1. The Morgan fingerprint density at radius 2 is 1.93 bits per heavy atom. The van der Waals surface area contributed by atoms with Gasteiger partial charge in [0.25, 0.3) is 0 Å². The third-order valence-corrected chi connectivity index (χ3v) is 4.78. The van der Waals surface area contributed by atoms with Gasteiger partial charge in [0, 0.05) is 11.6 Å². The molecule has 0 saturated carbocycles. The first-order valence-electron chi connectivity index (χ1n) is 7.67. The van der Waals surface area contributed by atoms with Gasteiger partial charge >= 0.3 is 6.18 Å². The number of thioether (sulfide) groups is 1. The molecule has 0 spiro atoms. The summed E-state index contributed by atoms with van der Waals surface area (Å²) < 4.78 is 39.2. The third kappa shape index (κ3) is 4.67. The maximum Gasteiger partial charge on any atom is 0.451 e. The number of fused-ring (bicyclic) bond motifs is 1. The van der Waals surface area contributed by atoms with Gasteiger partial charge in [-0.1, -0.05) is 41.6 Å². The molecule has 0 aliphatic rings. The number of rotatable bonds is 4. The number of halogens is 4. The molecule has 0 aliphatic carbocycles. The number of nitrogens with zero attached hydrogens (tertiary/aromatic N) is 3. The average Bonchev–Trinajstić information content (AvgIpc) is 2.62. The summed E-state index contributed by atoms with van der Waals surface area (Å²) in [5.74, 6) is -1.37. The molecule has 27 heavy (non-hydrogen) atoms. The smallest absolute Gasteiger partial charge is 0.310 e. The van der Waals surface area contributed by atoms with Gasteiger partial charge in [-0.2, -0.15) is 13.2 Å². The van der Waals surface area contributed by atoms with E-state index in [-0.39, 0.29) is 10.5 Å². The van der Waals surface area contributed by atoms with Crippen LogP contribution in [-0.4, -0.2) is 26.1 Å². The van der Waals surface area contributed by atoms with Crippen LogP contribution in [0, 0.1) is 0 Å². The second kappa shape index (κ2) is 7.69. The fourth-order valence-corrected chi connectivity index (χ4v) is 3.21. The zero-order valence-electron chi connectivity index (χ0n) is 13.8. The van der Waals surface area contributed by atoms with E-state index in [9.17, 15) is 18.0 Å². The summed E-state index contributed by atoms with van der Waals surface area (Å²) in [6.45, 7) is 1.57. The van der Waals surface area contributed by atoms with Crippen LogP contribution in [0.15, 0.2) is 47.6 Å². The second-order valence-corrected chi connectivity index (χ2v) is 7.24. The highest BCUT2D eigenvalue weighted by molar-refractivity contribution is 8.00. The molecule has 2 aromatic heterocycles. The average molecular weight is 413 g/mol. The van der Waals surface area contributed by atoms with E-state index in [0.717, 1.165) is 11.8 Å². The van der Waals surface area contributed by atoms with E-state index in [1.807, 2.05) is 0 Å². The van der Waals surface area contributed by atoms with Gasteiger partial charge in [-0.3, -0.25) is 4.79 Å². The number of amides is 1. The summed E-state index contributed by atoms with van der Waals surface area (Å²) in [5, 5.41) is 2.81. The molecule has 3 aromatic rings. The van der Waals surface area contributed by atoms with Crippen molar-refractivity contribution in [2.24, 2.45) is 0 Å². The van der Waals surface area contributed by atoms with Crippen molar-refractivity contribution in [1.82, 2.24) is 15.0 Å². The largest absolute Gasteiger partial charge is 0.451 e. The predicted molar refractivity (Wildman–Crippen MR) is 97.7 cm³/mol. The SMILES string of the molecule is CC(Sc1nc(C(F)(F)F)nc2ccccc12)C(=O)Nc1ccc(Cl)cn1. The molecule has 1 amide bonds. The maximum absolute atomic E-state index is 13.1. The van der Waals surface area contributed by atoms with Crippen molar-refractivity contribution in [2.45, 2.75) is 23.4 Å². The van der Waals surface area contributed by atoms with E-state index in [1.54, 1.807) is 31.2 Å². The summed E-state index contributed by atoms with van der Waals surface area (Å²) in [6.07, 6.45) is -3.30. The van der Waals surface area contributed by atoms with Gasteiger partial charge < -0.3 is 5.32 Å². The lowest BCUT2D eigenvalue weighted by molar-refractivity contribution is -0.145. The van der Waals surface area contributed by atoms with Crippen molar-refractivity contribution in [1.29, 1.82) is 0 Å². The highest BCUT2D eigenvalue weighted by atomic mass is 35.5. The van der Waals surface area contributed by atoms with Crippen LogP contribution >= 0.6 is 23.4 Å². The molecule has 0 fully saturated rings. The van der Waals surface area contributed by atoms with Gasteiger partial charge in [-0.05, 0) is 25.1 Å². The minimum atomic E-state index is -4.68. The van der Waals surface area contributed by atoms with Crippen LogP contribution in [0.25, 0.3) is 10.9 Å². The summed E-state index contributed by atoms with van der Waals surface area (Å²) in [4.78, 5) is 23.5. The van der Waals surface area contributed by atoms with Crippen LogP contribution in [-0.2, 0) is 11.0 Å². The van der Waals surface area contributed by atoms with Crippen LogP contribution in [0.2, 0.25) is 5.02 Å². The van der Waals surface area contributed by atoms with Crippen LogP contribution in [0.1, 0.15) is 12.7 Å². The maximum atomic E-state index is 13.1. The second-order valence-electron chi connectivity index (χ2n) is 5.48. The number of carbonyl (C=O) groups is 1. The highest BCUT2D eigenvalue weighted by Crippen LogP contribution is 2.33. The number of anilines is 1. The van der Waals surface area contributed by atoms with Crippen LogP contribution < -0.4 is 5.32 Å². The Morgan fingerprint density at radius 1 is 1.19 bits per heavy atom. The van der Waals surface area contributed by atoms with E-state index >= 15 is 0 Å². The molecule has 1 unspecified atom stereocenters. The van der Waals surface area contributed by atoms with Gasteiger partial charge in [-0.15, -0.1) is 0 Å². The number of aromatic nitrogens is 3. The number of nitrogens with one attached hydrogen (secondary N) is 1. The summed E-state index contributed by atoms with van der Waals surface area (Å²) in [5.41, 5.74) is 0.161. The first kappa shape index (κ1) is 19.4. The number of alkyl halides is 3. The molecule has 1 atom stereocenters. The molecular formula is C17H12ClF3N4OS. The van der Waals surface area contributed by atoms with Gasteiger partial charge in [0.05, 0.1) is 15.8 Å². The first-order chi connectivity index (χ1) is 12.7. The lowest BCUT2D eigenvalue weighted by atomic mass is 10.2. The highest BCUT2D eigenvalue weighted by Gasteiger charge is 2.35. The third-order valence-electron chi connectivity index (χ3n) is 3.46. The first-order valence-corrected chi connectivity index (χ1v) is 8.93. The minimum Gasteiger partial charge on any atom is -0.310 e. The summed E-state index contributed by atoms with van der Waals surface area (Å²) in [7, 11) is 0. The standard InChI is InChI=1S/C17H12ClF3N4OS/c1-9(14(26)24-13-7-6-10(18)8-22-13)27-15-11-4-2-3-5-12(11)23-16(25-15)17(19,20)21/h2-9H,1H3,(H,22,24,26). The van der Waals surface area contributed by atoms with Crippen molar-refractivity contribution in [3.8, 4) is 0 Å². The molecule has 0 radical (unpaired) electrons. The van der Waals surface area contributed by atoms with Gasteiger partial charge in [0.1, 0.15) is 10.8 Å². The van der Waals surface area contributed by atoms with E-state index in [2.05, 4.69) is 20.3 Å². The Bertz CT molecular complexity index is 982. The van der Waals surface area contributed by atoms with Gasteiger partial charge in [-0.25, -0.2) is 15.0 Å². The van der Waals surface area contributed by atoms with E-state index in [1.165, 1.54) is 18.3 Å². The van der Waals surface area contributed by atoms with Crippen molar-refractivity contribution in [3.63, 3.8) is 0 Å². The molecule has 140 valence electrons. The monoisotopic (exact) mass is 412 g/mol. The molecule has 3 rings (SSSR count). The summed E-state index contributed by atoms with van der Waals surface area (Å²) in [6, 6.07) is 9.44. The number of carbonyl (C=O) groups excluding carboxylic acids is 1. The zero-order chi connectivity index (χ0) is 19.6. The Labute approximate surface area is 161 Å². The summed E-state index contributed by atoms with van der Waals surface area (Å²) >= 11 is 6.66. The molecule has 5 nitrogen and oxygen atoms in total. The van der Waals surface area contributed by atoms with E-state index in [0.29, 0.717) is 16.2 Å². The lowest BCUT2D eigenvalue weighted by Gasteiger charge is -2.14. The van der Waals surface area contributed by atoms with Crippen molar-refractivity contribution in [3.05, 3.63) is 53.4 Å². The Kier molecular flexibility index (Phi) is 5.52. The topological polar surface area (TPSA) is 67.8 Å². The van der Waals surface area contributed by atoms with Crippen molar-refractivity contribution >= 4 is 46.0 Å². The molecule has 2 heterocycles. The normalized spacial score (nSPS) is 12.8. The minimum absolute atomic E-state index is 0.0830. The van der Waals surface area contributed by atoms with Crippen LogP contribution in [0.4, 0.5) is 19.0 Å². The van der Waals surface area contributed by atoms with Crippen molar-refractivity contribution < 1.29 is 18.0 Å². The molecule has 1 N–H and O–H groups in total. The van der Waals surface area contributed by atoms with E-state index in [4.69, 9.17) is 11.6 Å². The lowest BCUT2D eigenvalue weighted by Crippen LogP contribution is -2.23. The van der Waals surface area contributed by atoms with Gasteiger partial charge in [0.2, 0.25) is 11.7 Å². The molecule has 0 saturated heterocycles. The fraction of sp³-hybridized carbons (Fsp3) is 0.176. The Hall–Kier alpha value is -2.39. The quantitative estimate of drug-likeness (QED) is 0.491. The number of para-hydroxylation sites is 1. The van der Waals surface area contributed by atoms with Crippen LogP contribution in [0.3, 0.4) is 0 Å².